The van der Waals surface area contributed by atoms with Crippen LogP contribution in [0.15, 0.2) is 35.3 Å². The maximum atomic E-state index is 13.3. The van der Waals surface area contributed by atoms with Gasteiger partial charge in [-0.1, -0.05) is 35.3 Å². The van der Waals surface area contributed by atoms with E-state index in [1.165, 1.54) is 0 Å². The van der Waals surface area contributed by atoms with Crippen LogP contribution in [0.2, 0.25) is 10.0 Å². The Labute approximate surface area is 196 Å². The third-order valence-electron chi connectivity index (χ3n) is 7.69. The van der Waals surface area contributed by atoms with Crippen LogP contribution in [0.4, 0.5) is 5.69 Å². The summed E-state index contributed by atoms with van der Waals surface area (Å²) >= 11 is 12.4. The molecule has 4 bridgehead atoms. The summed E-state index contributed by atoms with van der Waals surface area (Å²) in [6.45, 7) is 0.615. The van der Waals surface area contributed by atoms with E-state index in [9.17, 15) is 14.7 Å². The highest BCUT2D eigenvalue weighted by Crippen LogP contribution is 2.65. The quantitative estimate of drug-likeness (QED) is 0.589. The summed E-state index contributed by atoms with van der Waals surface area (Å²) in [6.07, 6.45) is 8.09. The first-order chi connectivity index (χ1) is 15.3. The second kappa shape index (κ2) is 8.07. The van der Waals surface area contributed by atoms with Gasteiger partial charge in [0.05, 0.1) is 23.8 Å². The third-order valence-corrected chi connectivity index (χ3v) is 8.31. The van der Waals surface area contributed by atoms with Crippen LogP contribution < -0.4 is 10.9 Å². The molecule has 0 aliphatic heterocycles. The molecule has 6 rings (SSSR count). The molecule has 2 N–H and O–H groups in total. The molecule has 32 heavy (non-hydrogen) atoms. The van der Waals surface area contributed by atoms with Gasteiger partial charge in [-0.05, 0) is 79.9 Å². The molecule has 1 aromatic carbocycles. The SMILES string of the molecule is O=C(O)CC12C[C@H]3C[C@@H](C1)CC(n1ncc(NCCc4ccc(Cl)cc4)c(Cl)c1=O)(C3)C2. The maximum Gasteiger partial charge on any atom is 0.303 e. The largest absolute Gasteiger partial charge is 0.481 e. The monoisotopic (exact) mass is 475 g/mol. The number of aliphatic carboxylic acids is 1. The lowest BCUT2D eigenvalue weighted by Crippen LogP contribution is -2.59. The first kappa shape index (κ1) is 21.8. The minimum Gasteiger partial charge on any atom is -0.481 e. The molecule has 0 radical (unpaired) electrons. The van der Waals surface area contributed by atoms with Gasteiger partial charge >= 0.3 is 5.97 Å². The van der Waals surface area contributed by atoms with E-state index >= 15 is 0 Å². The Kier molecular flexibility index (Phi) is 5.49. The van der Waals surface area contributed by atoms with E-state index in [2.05, 4.69) is 10.4 Å². The van der Waals surface area contributed by atoms with Crippen LogP contribution in [-0.4, -0.2) is 27.4 Å². The second-order valence-electron chi connectivity index (χ2n) is 10.1. The normalized spacial score (nSPS) is 30.4. The third kappa shape index (κ3) is 3.92. The molecule has 2 aromatic rings. The highest BCUT2D eigenvalue weighted by molar-refractivity contribution is 6.33. The zero-order valence-electron chi connectivity index (χ0n) is 17.8. The standard InChI is InChI=1S/C24H27Cl2N3O3/c25-18-3-1-15(2-4-18)5-6-27-19-13-28-29(22(32)21(19)26)24-10-16-7-17(11-24)9-23(8-16,14-24)12-20(30)31/h1-4,13,16-17,27H,5-12,14H2,(H,30,31)/t16-,17+,23?,24?. The van der Waals surface area contributed by atoms with Gasteiger partial charge < -0.3 is 10.4 Å². The minimum atomic E-state index is -0.749. The average molecular weight is 476 g/mol. The van der Waals surface area contributed by atoms with Crippen LogP contribution in [0.3, 0.4) is 0 Å². The van der Waals surface area contributed by atoms with Crippen molar-refractivity contribution < 1.29 is 9.90 Å². The molecular formula is C24H27Cl2N3O3. The molecule has 8 heteroatoms. The van der Waals surface area contributed by atoms with E-state index in [0.717, 1.165) is 44.1 Å². The Hall–Kier alpha value is -2.05. The van der Waals surface area contributed by atoms with Crippen molar-refractivity contribution in [1.29, 1.82) is 0 Å². The summed E-state index contributed by atoms with van der Waals surface area (Å²) in [4.78, 5) is 24.9. The lowest BCUT2D eigenvalue weighted by Gasteiger charge is -2.61. The maximum absolute atomic E-state index is 13.3. The minimum absolute atomic E-state index is 0.152. The molecule has 1 aromatic heterocycles. The lowest BCUT2D eigenvalue weighted by atomic mass is 9.46. The molecule has 4 fully saturated rings. The van der Waals surface area contributed by atoms with Crippen molar-refractivity contribution in [2.24, 2.45) is 17.3 Å². The van der Waals surface area contributed by atoms with Crippen LogP contribution in [0, 0.1) is 17.3 Å². The van der Waals surface area contributed by atoms with E-state index in [1.54, 1.807) is 10.9 Å². The van der Waals surface area contributed by atoms with Crippen molar-refractivity contribution in [2.75, 3.05) is 11.9 Å². The van der Waals surface area contributed by atoms with Crippen molar-refractivity contribution in [3.63, 3.8) is 0 Å². The fourth-order valence-corrected chi connectivity index (χ4v) is 7.39. The average Bonchev–Trinajstić information content (AvgIpc) is 2.70. The summed E-state index contributed by atoms with van der Waals surface area (Å²) in [5, 5.41) is 18.2. The molecule has 0 amide bonds. The Bertz CT molecular complexity index is 1080. The number of aromatic nitrogens is 2. The molecular weight excluding hydrogens is 449 g/mol. The molecule has 170 valence electrons. The van der Waals surface area contributed by atoms with Crippen LogP contribution in [0.25, 0.3) is 0 Å². The number of nitrogens with one attached hydrogen (secondary N) is 1. The molecule has 4 aliphatic rings. The van der Waals surface area contributed by atoms with Crippen molar-refractivity contribution in [2.45, 2.75) is 56.9 Å². The number of benzene rings is 1. The van der Waals surface area contributed by atoms with Crippen molar-refractivity contribution in [3.05, 3.63) is 56.4 Å². The fraction of sp³-hybridized carbons (Fsp3) is 0.542. The van der Waals surface area contributed by atoms with E-state index < -0.39 is 11.5 Å². The predicted octanol–water partition coefficient (Wildman–Crippen LogP) is 4.97. The van der Waals surface area contributed by atoms with Crippen LogP contribution in [-0.2, 0) is 16.8 Å². The van der Waals surface area contributed by atoms with Gasteiger partial charge in [-0.25, -0.2) is 4.68 Å². The van der Waals surface area contributed by atoms with Crippen LogP contribution in [0.5, 0.6) is 0 Å². The van der Waals surface area contributed by atoms with Gasteiger partial charge in [0.15, 0.2) is 0 Å². The number of anilines is 1. The van der Waals surface area contributed by atoms with E-state index in [1.807, 2.05) is 24.3 Å². The summed E-state index contributed by atoms with van der Waals surface area (Å²) in [5.41, 5.74) is 0.750. The highest BCUT2D eigenvalue weighted by Gasteiger charge is 2.59. The van der Waals surface area contributed by atoms with Gasteiger partial charge in [0.2, 0.25) is 0 Å². The summed E-state index contributed by atoms with van der Waals surface area (Å²) in [7, 11) is 0. The fourth-order valence-electron chi connectivity index (χ4n) is 7.06. The zero-order valence-corrected chi connectivity index (χ0v) is 19.3. The Morgan fingerprint density at radius 2 is 1.84 bits per heavy atom. The number of hydrogen-bond donors (Lipinski definition) is 2. The van der Waals surface area contributed by atoms with Gasteiger partial charge in [-0.3, -0.25) is 9.59 Å². The topological polar surface area (TPSA) is 84.2 Å². The summed E-state index contributed by atoms with van der Waals surface area (Å²) < 4.78 is 1.59. The van der Waals surface area contributed by atoms with Crippen molar-refractivity contribution in [3.8, 4) is 0 Å². The Morgan fingerprint density at radius 3 is 2.50 bits per heavy atom. The van der Waals surface area contributed by atoms with Gasteiger partial charge in [-0.2, -0.15) is 5.10 Å². The molecule has 0 spiro atoms. The summed E-state index contributed by atoms with van der Waals surface area (Å²) in [6, 6.07) is 7.66. The highest BCUT2D eigenvalue weighted by atomic mass is 35.5. The molecule has 0 saturated heterocycles. The van der Waals surface area contributed by atoms with Gasteiger partial charge in [0, 0.05) is 11.6 Å². The van der Waals surface area contributed by atoms with Gasteiger partial charge in [0.25, 0.3) is 5.56 Å². The van der Waals surface area contributed by atoms with Crippen molar-refractivity contribution in [1.82, 2.24) is 9.78 Å². The molecule has 1 heterocycles. The molecule has 2 unspecified atom stereocenters. The number of nitrogens with zero attached hydrogens (tertiary/aromatic N) is 2. The van der Waals surface area contributed by atoms with Gasteiger partial charge in [0.1, 0.15) is 5.02 Å². The zero-order chi connectivity index (χ0) is 22.5. The number of rotatable bonds is 7. The first-order valence-electron chi connectivity index (χ1n) is 11.3. The molecule has 4 atom stereocenters. The number of hydrogen-bond acceptors (Lipinski definition) is 4. The van der Waals surface area contributed by atoms with Crippen molar-refractivity contribution >= 4 is 34.9 Å². The lowest BCUT2D eigenvalue weighted by molar-refractivity contribution is -0.151. The Balaban J connectivity index is 1.36. The van der Waals surface area contributed by atoms with E-state index in [4.69, 9.17) is 23.2 Å². The smallest absolute Gasteiger partial charge is 0.303 e. The summed E-state index contributed by atoms with van der Waals surface area (Å²) in [5.74, 6) is 0.168. The second-order valence-corrected chi connectivity index (χ2v) is 11.0. The molecule has 4 saturated carbocycles. The predicted molar refractivity (Wildman–Crippen MR) is 124 cm³/mol. The number of carbonyl (C=O) groups is 1. The van der Waals surface area contributed by atoms with E-state index in [0.29, 0.717) is 35.5 Å². The molecule has 6 nitrogen and oxygen atoms in total. The van der Waals surface area contributed by atoms with E-state index in [-0.39, 0.29) is 22.4 Å². The Morgan fingerprint density at radius 1 is 1.16 bits per heavy atom. The first-order valence-corrected chi connectivity index (χ1v) is 12.0. The van der Waals surface area contributed by atoms with Gasteiger partial charge in [-0.15, -0.1) is 0 Å². The number of carboxylic acid groups (broad SMARTS) is 1. The molecule has 4 aliphatic carbocycles. The number of halogens is 2. The van der Waals surface area contributed by atoms with Crippen LogP contribution in [0.1, 0.15) is 50.5 Å². The number of carboxylic acids is 1. The van der Waals surface area contributed by atoms with Crippen LogP contribution >= 0.6 is 23.2 Å².